The van der Waals surface area contributed by atoms with Gasteiger partial charge in [-0.3, -0.25) is 4.79 Å². The third-order valence-corrected chi connectivity index (χ3v) is 2.27. The summed E-state index contributed by atoms with van der Waals surface area (Å²) in [6.45, 7) is 4.64. The molecular weight excluding hydrogens is 196 g/mol. The van der Waals surface area contributed by atoms with E-state index in [0.29, 0.717) is 6.54 Å². The molecule has 0 spiro atoms. The second kappa shape index (κ2) is 7.62. The number of carbonyl (C=O) groups is 1. The van der Waals surface area contributed by atoms with Crippen LogP contribution >= 0.6 is 0 Å². The molecule has 0 aliphatic heterocycles. The fourth-order valence-electron chi connectivity index (χ4n) is 1.28. The lowest BCUT2D eigenvalue weighted by molar-refractivity contribution is -0.126. The van der Waals surface area contributed by atoms with Crippen molar-refractivity contribution in [3.05, 3.63) is 0 Å². The van der Waals surface area contributed by atoms with E-state index in [-0.39, 0.29) is 30.9 Å². The van der Waals surface area contributed by atoms with Crippen molar-refractivity contribution in [2.75, 3.05) is 26.8 Å². The average Bonchev–Trinajstić information content (AvgIpc) is 2.15. The van der Waals surface area contributed by atoms with E-state index in [9.17, 15) is 9.90 Å². The van der Waals surface area contributed by atoms with E-state index in [1.165, 1.54) is 7.11 Å². The van der Waals surface area contributed by atoms with Gasteiger partial charge in [-0.2, -0.15) is 0 Å². The molecule has 0 saturated heterocycles. The van der Waals surface area contributed by atoms with Crippen molar-refractivity contribution >= 4 is 5.91 Å². The predicted molar refractivity (Wildman–Crippen MR) is 58.3 cm³/mol. The maximum Gasteiger partial charge on any atom is 0.224 e. The molecule has 15 heavy (non-hydrogen) atoms. The third-order valence-electron chi connectivity index (χ3n) is 2.27. The summed E-state index contributed by atoms with van der Waals surface area (Å²) >= 11 is 0. The summed E-state index contributed by atoms with van der Waals surface area (Å²) in [4.78, 5) is 11.6. The van der Waals surface area contributed by atoms with Gasteiger partial charge in [-0.05, 0) is 5.92 Å². The quantitative estimate of drug-likeness (QED) is 0.529. The Hall–Kier alpha value is -0.650. The van der Waals surface area contributed by atoms with Gasteiger partial charge < -0.3 is 20.9 Å². The van der Waals surface area contributed by atoms with Gasteiger partial charge in [0.25, 0.3) is 0 Å². The molecule has 1 amide bonds. The van der Waals surface area contributed by atoms with Gasteiger partial charge in [0.1, 0.15) is 0 Å². The number of methoxy groups -OCH3 is 1. The first-order valence-corrected chi connectivity index (χ1v) is 5.17. The molecule has 5 heteroatoms. The minimum Gasteiger partial charge on any atom is -0.389 e. The Kier molecular flexibility index (Phi) is 7.29. The first-order valence-electron chi connectivity index (χ1n) is 5.17. The Morgan fingerprint density at radius 1 is 1.53 bits per heavy atom. The highest BCUT2D eigenvalue weighted by atomic mass is 16.5. The topological polar surface area (TPSA) is 84.6 Å². The minimum absolute atomic E-state index is 0.109. The first kappa shape index (κ1) is 14.3. The fourth-order valence-corrected chi connectivity index (χ4v) is 1.28. The van der Waals surface area contributed by atoms with Crippen LogP contribution < -0.4 is 11.1 Å². The Balaban J connectivity index is 3.90. The molecule has 0 fully saturated rings. The molecule has 0 heterocycles. The van der Waals surface area contributed by atoms with Gasteiger partial charge in [0.15, 0.2) is 0 Å². The lowest BCUT2D eigenvalue weighted by Gasteiger charge is -2.19. The Bertz CT molecular complexity index is 186. The van der Waals surface area contributed by atoms with E-state index < -0.39 is 6.10 Å². The van der Waals surface area contributed by atoms with Crippen molar-refractivity contribution in [1.29, 1.82) is 0 Å². The monoisotopic (exact) mass is 218 g/mol. The maximum atomic E-state index is 11.6. The van der Waals surface area contributed by atoms with Crippen LogP contribution in [-0.4, -0.2) is 43.9 Å². The zero-order valence-corrected chi connectivity index (χ0v) is 9.69. The highest BCUT2D eigenvalue weighted by Gasteiger charge is 2.20. The van der Waals surface area contributed by atoms with Gasteiger partial charge >= 0.3 is 0 Å². The molecule has 0 rings (SSSR count). The number of hydrogen-bond acceptors (Lipinski definition) is 4. The molecule has 0 aromatic rings. The summed E-state index contributed by atoms with van der Waals surface area (Å²) in [7, 11) is 1.50. The van der Waals surface area contributed by atoms with Crippen molar-refractivity contribution in [3.8, 4) is 0 Å². The molecule has 0 aromatic carbocycles. The molecule has 0 aliphatic rings. The van der Waals surface area contributed by atoms with Crippen LogP contribution in [0.3, 0.4) is 0 Å². The Labute approximate surface area is 91.0 Å². The van der Waals surface area contributed by atoms with E-state index in [0.717, 1.165) is 0 Å². The molecule has 2 atom stereocenters. The number of aliphatic hydroxyl groups is 1. The maximum absolute atomic E-state index is 11.6. The number of rotatable bonds is 7. The molecule has 0 aromatic heterocycles. The van der Waals surface area contributed by atoms with E-state index in [1.807, 2.05) is 13.8 Å². The summed E-state index contributed by atoms with van der Waals surface area (Å²) in [6, 6.07) is 0. The Morgan fingerprint density at radius 3 is 2.53 bits per heavy atom. The summed E-state index contributed by atoms with van der Waals surface area (Å²) < 4.78 is 4.74. The molecule has 0 aliphatic carbocycles. The summed E-state index contributed by atoms with van der Waals surface area (Å²) in [5.41, 5.74) is 5.49. The smallest absolute Gasteiger partial charge is 0.224 e. The molecular formula is C10H22N2O3. The zero-order chi connectivity index (χ0) is 11.8. The van der Waals surface area contributed by atoms with E-state index in [4.69, 9.17) is 10.5 Å². The van der Waals surface area contributed by atoms with Crippen molar-refractivity contribution in [3.63, 3.8) is 0 Å². The highest BCUT2D eigenvalue weighted by molar-refractivity contribution is 5.79. The lowest BCUT2D eigenvalue weighted by Crippen LogP contribution is -2.42. The fraction of sp³-hybridized carbons (Fsp3) is 0.900. The molecule has 2 unspecified atom stereocenters. The van der Waals surface area contributed by atoms with Crippen molar-refractivity contribution in [2.45, 2.75) is 20.0 Å². The second-order valence-corrected chi connectivity index (χ2v) is 3.94. The first-order chi connectivity index (χ1) is 7.02. The summed E-state index contributed by atoms with van der Waals surface area (Å²) in [5.74, 6) is -0.100. The van der Waals surface area contributed by atoms with Gasteiger partial charge in [0.05, 0.1) is 18.6 Å². The number of nitrogens with one attached hydrogen (secondary N) is 1. The number of nitrogens with two attached hydrogens (primary N) is 1. The zero-order valence-electron chi connectivity index (χ0n) is 9.69. The summed E-state index contributed by atoms with van der Waals surface area (Å²) in [5, 5.41) is 12.0. The van der Waals surface area contributed by atoms with Crippen LogP contribution in [0.25, 0.3) is 0 Å². The lowest BCUT2D eigenvalue weighted by atomic mass is 9.95. The SMILES string of the molecule is COCC(O)CNC(=O)C(CN)C(C)C. The average molecular weight is 218 g/mol. The molecule has 5 nitrogen and oxygen atoms in total. The summed E-state index contributed by atoms with van der Waals surface area (Å²) in [6.07, 6.45) is -0.662. The number of ether oxygens (including phenoxy) is 1. The second-order valence-electron chi connectivity index (χ2n) is 3.94. The predicted octanol–water partition coefficient (Wildman–Crippen LogP) is -0.659. The van der Waals surface area contributed by atoms with Crippen LogP contribution in [0.1, 0.15) is 13.8 Å². The molecule has 0 radical (unpaired) electrons. The molecule has 4 N–H and O–H groups in total. The van der Waals surface area contributed by atoms with Crippen LogP contribution in [0.4, 0.5) is 0 Å². The van der Waals surface area contributed by atoms with Crippen LogP contribution in [-0.2, 0) is 9.53 Å². The van der Waals surface area contributed by atoms with Crippen molar-refractivity contribution < 1.29 is 14.6 Å². The highest BCUT2D eigenvalue weighted by Crippen LogP contribution is 2.08. The van der Waals surface area contributed by atoms with E-state index >= 15 is 0 Å². The van der Waals surface area contributed by atoms with Gasteiger partial charge in [-0.15, -0.1) is 0 Å². The molecule has 90 valence electrons. The van der Waals surface area contributed by atoms with Crippen LogP contribution in [0.2, 0.25) is 0 Å². The van der Waals surface area contributed by atoms with Gasteiger partial charge in [-0.1, -0.05) is 13.8 Å². The number of amides is 1. The van der Waals surface area contributed by atoms with Crippen LogP contribution in [0.15, 0.2) is 0 Å². The van der Waals surface area contributed by atoms with Crippen molar-refractivity contribution in [1.82, 2.24) is 5.32 Å². The van der Waals surface area contributed by atoms with Crippen molar-refractivity contribution in [2.24, 2.45) is 17.6 Å². The third kappa shape index (κ3) is 5.71. The molecule has 0 bridgehead atoms. The normalized spacial score (nSPS) is 15.1. The Morgan fingerprint density at radius 2 is 2.13 bits per heavy atom. The van der Waals surface area contributed by atoms with Gasteiger partial charge in [-0.25, -0.2) is 0 Å². The molecule has 0 saturated carbocycles. The minimum atomic E-state index is -0.662. The number of hydrogen-bond donors (Lipinski definition) is 3. The van der Waals surface area contributed by atoms with Gasteiger partial charge in [0, 0.05) is 20.2 Å². The number of carbonyl (C=O) groups excluding carboxylic acids is 1. The van der Waals surface area contributed by atoms with Crippen LogP contribution in [0, 0.1) is 11.8 Å². The van der Waals surface area contributed by atoms with Gasteiger partial charge in [0.2, 0.25) is 5.91 Å². The number of aliphatic hydroxyl groups excluding tert-OH is 1. The van der Waals surface area contributed by atoms with E-state index in [2.05, 4.69) is 5.32 Å². The van der Waals surface area contributed by atoms with E-state index in [1.54, 1.807) is 0 Å². The van der Waals surface area contributed by atoms with Crippen LogP contribution in [0.5, 0.6) is 0 Å². The standard InChI is InChI=1S/C10H22N2O3/c1-7(2)9(4-11)10(14)12-5-8(13)6-15-3/h7-9,13H,4-6,11H2,1-3H3,(H,12,14). The largest absolute Gasteiger partial charge is 0.389 e.